The van der Waals surface area contributed by atoms with Crippen molar-refractivity contribution in [1.29, 1.82) is 0 Å². The lowest BCUT2D eigenvalue weighted by atomic mass is 9.90. The Kier molecular flexibility index (Phi) is 5.49. The Morgan fingerprint density at radius 2 is 1.56 bits per heavy atom. The predicted molar refractivity (Wildman–Crippen MR) is 94.2 cm³/mol. The molecule has 25 heavy (non-hydrogen) atoms. The van der Waals surface area contributed by atoms with Gasteiger partial charge in [0.2, 0.25) is 10.0 Å². The fraction of sp³-hybridized carbons (Fsp3) is 0.278. The number of hydrogen-bond donors (Lipinski definition) is 2. The molecule has 0 spiro atoms. The monoisotopic (exact) mass is 363 g/mol. The molecule has 0 saturated carbocycles. The molecule has 0 fully saturated rings. The summed E-state index contributed by atoms with van der Waals surface area (Å²) in [5.74, 6) is -0.807. The van der Waals surface area contributed by atoms with E-state index in [9.17, 15) is 13.2 Å². The molecule has 0 amide bonds. The van der Waals surface area contributed by atoms with E-state index in [4.69, 9.17) is 9.84 Å². The van der Waals surface area contributed by atoms with E-state index in [0.717, 1.165) is 0 Å². The second-order valence-corrected chi connectivity index (χ2v) is 7.96. The van der Waals surface area contributed by atoms with Gasteiger partial charge >= 0.3 is 5.97 Å². The SMILES string of the molecule is CC(C(=O)O)C(C)(C)NS(=O)(=O)c1ccc(Oc2ccccc2)cc1. The standard InChI is InChI=1S/C18H21NO5S/c1-13(17(20)21)18(2,3)19-25(22,23)16-11-9-15(10-12-16)24-14-7-5-4-6-8-14/h4-13,19H,1-3H3,(H,20,21). The first kappa shape index (κ1) is 19.0. The molecule has 0 saturated heterocycles. The van der Waals surface area contributed by atoms with Gasteiger partial charge in [-0.25, -0.2) is 13.1 Å². The average Bonchev–Trinajstić information content (AvgIpc) is 2.54. The molecule has 0 aliphatic rings. The van der Waals surface area contributed by atoms with E-state index in [1.54, 1.807) is 24.3 Å². The van der Waals surface area contributed by atoms with E-state index in [1.807, 2.05) is 18.2 Å². The van der Waals surface area contributed by atoms with Gasteiger partial charge in [0.25, 0.3) is 0 Å². The number of rotatable bonds is 7. The predicted octanol–water partition coefficient (Wildman–Crippen LogP) is 3.26. The summed E-state index contributed by atoms with van der Waals surface area (Å²) in [6.45, 7) is 4.54. The van der Waals surface area contributed by atoms with Gasteiger partial charge in [0.05, 0.1) is 10.8 Å². The molecule has 2 aromatic carbocycles. The summed E-state index contributed by atoms with van der Waals surface area (Å²) in [4.78, 5) is 11.2. The van der Waals surface area contributed by atoms with Crippen LogP contribution in [0.4, 0.5) is 0 Å². The van der Waals surface area contributed by atoms with Gasteiger partial charge in [-0.3, -0.25) is 4.79 Å². The molecule has 6 nitrogen and oxygen atoms in total. The van der Waals surface area contributed by atoms with Gasteiger partial charge in [0.15, 0.2) is 0 Å². The summed E-state index contributed by atoms with van der Waals surface area (Å²) < 4.78 is 33.1. The first-order chi connectivity index (χ1) is 11.6. The van der Waals surface area contributed by atoms with Crippen LogP contribution in [0, 0.1) is 5.92 Å². The van der Waals surface area contributed by atoms with Crippen LogP contribution < -0.4 is 9.46 Å². The maximum absolute atomic E-state index is 12.5. The van der Waals surface area contributed by atoms with Gasteiger partial charge < -0.3 is 9.84 Å². The number of para-hydroxylation sites is 1. The number of ether oxygens (including phenoxy) is 1. The molecule has 0 radical (unpaired) electrons. The number of hydrogen-bond acceptors (Lipinski definition) is 4. The zero-order valence-corrected chi connectivity index (χ0v) is 15.1. The molecular weight excluding hydrogens is 342 g/mol. The third-order valence-corrected chi connectivity index (χ3v) is 5.65. The minimum absolute atomic E-state index is 0.0403. The van der Waals surface area contributed by atoms with Crippen LogP contribution in [-0.4, -0.2) is 25.0 Å². The lowest BCUT2D eigenvalue weighted by molar-refractivity contribution is -0.143. The minimum Gasteiger partial charge on any atom is -0.481 e. The minimum atomic E-state index is -3.86. The number of aliphatic carboxylic acids is 1. The fourth-order valence-corrected chi connectivity index (χ4v) is 3.60. The topological polar surface area (TPSA) is 92.7 Å². The van der Waals surface area contributed by atoms with E-state index in [-0.39, 0.29) is 4.90 Å². The molecule has 0 aromatic heterocycles. The summed E-state index contributed by atoms with van der Waals surface area (Å²) in [6.07, 6.45) is 0. The second kappa shape index (κ2) is 7.25. The van der Waals surface area contributed by atoms with Crippen molar-refractivity contribution in [2.45, 2.75) is 31.2 Å². The number of carbonyl (C=O) groups is 1. The fourth-order valence-electron chi connectivity index (χ4n) is 2.11. The molecule has 1 atom stereocenters. The Morgan fingerprint density at radius 1 is 1.04 bits per heavy atom. The van der Waals surface area contributed by atoms with E-state index >= 15 is 0 Å². The highest BCUT2D eigenvalue weighted by atomic mass is 32.2. The summed E-state index contributed by atoms with van der Waals surface area (Å²) in [6, 6.07) is 15.1. The molecule has 2 aromatic rings. The van der Waals surface area contributed by atoms with Gasteiger partial charge in [0, 0.05) is 5.54 Å². The van der Waals surface area contributed by atoms with Crippen molar-refractivity contribution in [3.05, 3.63) is 54.6 Å². The van der Waals surface area contributed by atoms with Crippen LogP contribution in [0.5, 0.6) is 11.5 Å². The lowest BCUT2D eigenvalue weighted by Crippen LogP contribution is -2.50. The van der Waals surface area contributed by atoms with Gasteiger partial charge in [-0.15, -0.1) is 0 Å². The van der Waals surface area contributed by atoms with Crippen LogP contribution in [0.25, 0.3) is 0 Å². The molecule has 0 aliphatic carbocycles. The highest BCUT2D eigenvalue weighted by molar-refractivity contribution is 7.89. The van der Waals surface area contributed by atoms with Crippen LogP contribution in [0.2, 0.25) is 0 Å². The number of carboxylic acid groups (broad SMARTS) is 1. The highest BCUT2D eigenvalue weighted by Gasteiger charge is 2.35. The zero-order chi connectivity index (χ0) is 18.7. The third-order valence-electron chi connectivity index (χ3n) is 3.96. The molecule has 0 bridgehead atoms. The van der Waals surface area contributed by atoms with Crippen molar-refractivity contribution in [1.82, 2.24) is 4.72 Å². The molecule has 0 aliphatic heterocycles. The van der Waals surface area contributed by atoms with Crippen LogP contribution in [0.15, 0.2) is 59.5 Å². The molecule has 2 N–H and O–H groups in total. The highest BCUT2D eigenvalue weighted by Crippen LogP contribution is 2.24. The van der Waals surface area contributed by atoms with Crippen LogP contribution in [0.3, 0.4) is 0 Å². The maximum atomic E-state index is 12.5. The first-order valence-corrected chi connectivity index (χ1v) is 9.20. The summed E-state index contributed by atoms with van der Waals surface area (Å²) in [7, 11) is -3.86. The molecule has 7 heteroatoms. The smallest absolute Gasteiger partial charge is 0.308 e. The maximum Gasteiger partial charge on any atom is 0.308 e. The summed E-state index contributed by atoms with van der Waals surface area (Å²) in [5, 5.41) is 9.11. The van der Waals surface area contributed by atoms with Crippen molar-refractivity contribution >= 4 is 16.0 Å². The average molecular weight is 363 g/mol. The lowest BCUT2D eigenvalue weighted by Gasteiger charge is -2.29. The van der Waals surface area contributed by atoms with Crippen LogP contribution >= 0.6 is 0 Å². The van der Waals surface area contributed by atoms with Crippen LogP contribution in [-0.2, 0) is 14.8 Å². The Morgan fingerprint density at radius 3 is 2.08 bits per heavy atom. The number of carboxylic acids is 1. The van der Waals surface area contributed by atoms with E-state index in [1.165, 1.54) is 32.9 Å². The molecular formula is C18H21NO5S. The van der Waals surface area contributed by atoms with Crippen molar-refractivity contribution in [3.63, 3.8) is 0 Å². The van der Waals surface area contributed by atoms with Gasteiger partial charge in [-0.2, -0.15) is 0 Å². The van der Waals surface area contributed by atoms with Crippen molar-refractivity contribution < 1.29 is 23.1 Å². The molecule has 2 rings (SSSR count). The quantitative estimate of drug-likeness (QED) is 0.788. The van der Waals surface area contributed by atoms with Gasteiger partial charge in [-0.1, -0.05) is 25.1 Å². The van der Waals surface area contributed by atoms with Crippen LogP contribution in [0.1, 0.15) is 20.8 Å². The van der Waals surface area contributed by atoms with E-state index in [0.29, 0.717) is 11.5 Å². The number of benzene rings is 2. The zero-order valence-electron chi connectivity index (χ0n) is 14.3. The Balaban J connectivity index is 2.16. The number of nitrogens with one attached hydrogen (secondary N) is 1. The van der Waals surface area contributed by atoms with Crippen molar-refractivity contribution in [2.24, 2.45) is 5.92 Å². The second-order valence-electron chi connectivity index (χ2n) is 6.27. The summed E-state index contributed by atoms with van der Waals surface area (Å²) in [5.41, 5.74) is -1.14. The Labute approximate surface area is 147 Å². The molecule has 0 heterocycles. The van der Waals surface area contributed by atoms with Gasteiger partial charge in [0.1, 0.15) is 11.5 Å². The van der Waals surface area contributed by atoms with Gasteiger partial charge in [-0.05, 0) is 50.2 Å². The van der Waals surface area contributed by atoms with Crippen molar-refractivity contribution in [2.75, 3.05) is 0 Å². The largest absolute Gasteiger partial charge is 0.481 e. The molecule has 1 unspecified atom stereocenters. The normalized spacial score (nSPS) is 13.2. The Bertz CT molecular complexity index is 830. The third kappa shape index (κ3) is 4.80. The molecule has 134 valence electrons. The van der Waals surface area contributed by atoms with Crippen molar-refractivity contribution in [3.8, 4) is 11.5 Å². The summed E-state index contributed by atoms with van der Waals surface area (Å²) >= 11 is 0. The van der Waals surface area contributed by atoms with E-state index in [2.05, 4.69) is 4.72 Å². The number of sulfonamides is 1. The first-order valence-electron chi connectivity index (χ1n) is 7.71. The van der Waals surface area contributed by atoms with E-state index < -0.39 is 27.4 Å². The Hall–Kier alpha value is -2.38.